The lowest BCUT2D eigenvalue weighted by atomic mass is 9.84. The van der Waals surface area contributed by atoms with Crippen molar-refractivity contribution in [2.75, 3.05) is 0 Å². The molecule has 0 aromatic heterocycles. The highest BCUT2D eigenvalue weighted by Gasteiger charge is 2.14. The fraction of sp³-hybridized carbons (Fsp3) is 0.368. The summed E-state index contributed by atoms with van der Waals surface area (Å²) in [5.74, 6) is 0. The molecular weight excluding hydrogens is 228 g/mol. The van der Waals surface area contributed by atoms with Crippen LogP contribution >= 0.6 is 0 Å². The standard InChI is InChI=1S/C19H26/c1-8-18(19(5,6)7)13-15(4)17-11-9-16(10-12-17)14(2)3/h8-13H,2H2,1,3-7H3/b15-13+,18-8+. The maximum atomic E-state index is 3.97. The minimum Gasteiger partial charge on any atom is -0.0955 e. The Bertz CT molecular complexity index is 502. The molecule has 19 heavy (non-hydrogen) atoms. The number of rotatable bonds is 3. The summed E-state index contributed by atoms with van der Waals surface area (Å²) in [6.07, 6.45) is 4.49. The Morgan fingerprint density at radius 2 is 1.47 bits per heavy atom. The predicted molar refractivity (Wildman–Crippen MR) is 88.0 cm³/mol. The molecule has 0 aliphatic heterocycles. The molecule has 0 nitrogen and oxygen atoms in total. The van der Waals surface area contributed by atoms with Crippen molar-refractivity contribution < 1.29 is 0 Å². The summed E-state index contributed by atoms with van der Waals surface area (Å²) in [5.41, 5.74) is 6.45. The highest BCUT2D eigenvalue weighted by Crippen LogP contribution is 2.29. The van der Waals surface area contributed by atoms with E-state index in [0.29, 0.717) is 0 Å². The average molecular weight is 254 g/mol. The molecule has 0 heterocycles. The van der Waals surface area contributed by atoms with Gasteiger partial charge in [-0.1, -0.05) is 69.3 Å². The molecule has 0 saturated carbocycles. The van der Waals surface area contributed by atoms with Crippen LogP contribution in [-0.4, -0.2) is 0 Å². The van der Waals surface area contributed by atoms with Crippen molar-refractivity contribution in [3.63, 3.8) is 0 Å². The number of hydrogen-bond acceptors (Lipinski definition) is 0. The van der Waals surface area contributed by atoms with Crippen molar-refractivity contribution >= 4 is 11.1 Å². The largest absolute Gasteiger partial charge is 0.0955 e. The van der Waals surface area contributed by atoms with Gasteiger partial charge in [0.25, 0.3) is 0 Å². The second-order valence-electron chi connectivity index (χ2n) is 6.18. The van der Waals surface area contributed by atoms with E-state index in [0.717, 1.165) is 5.57 Å². The second-order valence-corrected chi connectivity index (χ2v) is 6.18. The maximum Gasteiger partial charge on any atom is -0.0135 e. The van der Waals surface area contributed by atoms with Crippen LogP contribution in [0.15, 0.2) is 48.6 Å². The molecule has 0 aliphatic rings. The quantitative estimate of drug-likeness (QED) is 0.570. The van der Waals surface area contributed by atoms with Gasteiger partial charge in [0.05, 0.1) is 0 Å². The van der Waals surface area contributed by atoms with Gasteiger partial charge in [-0.15, -0.1) is 0 Å². The smallest absolute Gasteiger partial charge is 0.0135 e. The van der Waals surface area contributed by atoms with Crippen molar-refractivity contribution in [1.82, 2.24) is 0 Å². The molecular formula is C19H26. The Hall–Kier alpha value is -1.56. The topological polar surface area (TPSA) is 0 Å². The third kappa shape index (κ3) is 4.24. The van der Waals surface area contributed by atoms with E-state index in [1.165, 1.54) is 22.3 Å². The van der Waals surface area contributed by atoms with Crippen LogP contribution in [-0.2, 0) is 0 Å². The van der Waals surface area contributed by atoms with E-state index in [2.05, 4.69) is 77.6 Å². The molecule has 0 atom stereocenters. The summed E-state index contributed by atoms with van der Waals surface area (Å²) in [5, 5.41) is 0. The fourth-order valence-corrected chi connectivity index (χ4v) is 2.07. The van der Waals surface area contributed by atoms with Gasteiger partial charge in [-0.25, -0.2) is 0 Å². The van der Waals surface area contributed by atoms with E-state index in [-0.39, 0.29) is 5.41 Å². The summed E-state index contributed by atoms with van der Waals surface area (Å²) in [6.45, 7) is 17.0. The Labute approximate surface area is 118 Å². The van der Waals surface area contributed by atoms with Gasteiger partial charge in [0.1, 0.15) is 0 Å². The fourth-order valence-electron chi connectivity index (χ4n) is 2.07. The Balaban J connectivity index is 3.06. The lowest BCUT2D eigenvalue weighted by Crippen LogP contribution is -2.07. The average Bonchev–Trinajstić information content (AvgIpc) is 2.34. The summed E-state index contributed by atoms with van der Waals surface area (Å²) in [6, 6.07) is 8.63. The zero-order chi connectivity index (χ0) is 14.6. The molecule has 1 aromatic carbocycles. The van der Waals surface area contributed by atoms with Gasteiger partial charge < -0.3 is 0 Å². The normalized spacial score (nSPS) is 13.6. The van der Waals surface area contributed by atoms with Crippen LogP contribution in [0.2, 0.25) is 0 Å². The van der Waals surface area contributed by atoms with Gasteiger partial charge >= 0.3 is 0 Å². The molecule has 0 spiro atoms. The Morgan fingerprint density at radius 1 is 1.00 bits per heavy atom. The zero-order valence-electron chi connectivity index (χ0n) is 13.2. The molecule has 0 bridgehead atoms. The summed E-state index contributed by atoms with van der Waals surface area (Å²) >= 11 is 0. The van der Waals surface area contributed by atoms with Crippen LogP contribution in [0.25, 0.3) is 11.1 Å². The minimum atomic E-state index is 0.188. The SMILES string of the molecule is C=C(C)c1ccc(/C(C)=C/C(=C\C)C(C)(C)C)cc1. The lowest BCUT2D eigenvalue weighted by Gasteiger charge is -2.21. The van der Waals surface area contributed by atoms with Crippen LogP contribution in [0, 0.1) is 5.41 Å². The van der Waals surface area contributed by atoms with Crippen molar-refractivity contribution in [2.24, 2.45) is 5.41 Å². The van der Waals surface area contributed by atoms with Crippen molar-refractivity contribution in [2.45, 2.75) is 41.5 Å². The lowest BCUT2D eigenvalue weighted by molar-refractivity contribution is 0.516. The summed E-state index contributed by atoms with van der Waals surface area (Å²) < 4.78 is 0. The number of hydrogen-bond donors (Lipinski definition) is 0. The van der Waals surface area contributed by atoms with E-state index in [4.69, 9.17) is 0 Å². The van der Waals surface area contributed by atoms with E-state index < -0.39 is 0 Å². The van der Waals surface area contributed by atoms with Crippen LogP contribution in [0.5, 0.6) is 0 Å². The number of benzene rings is 1. The molecule has 0 fully saturated rings. The zero-order valence-corrected chi connectivity index (χ0v) is 13.2. The first-order chi connectivity index (χ1) is 8.75. The molecule has 102 valence electrons. The molecule has 0 radical (unpaired) electrons. The molecule has 0 aliphatic carbocycles. The second kappa shape index (κ2) is 6.06. The molecule has 0 heteroatoms. The maximum absolute atomic E-state index is 3.97. The van der Waals surface area contributed by atoms with Gasteiger partial charge in [-0.05, 0) is 48.5 Å². The minimum absolute atomic E-state index is 0.188. The van der Waals surface area contributed by atoms with Gasteiger partial charge in [0.15, 0.2) is 0 Å². The van der Waals surface area contributed by atoms with E-state index >= 15 is 0 Å². The monoisotopic (exact) mass is 254 g/mol. The van der Waals surface area contributed by atoms with E-state index in [1.807, 2.05) is 6.92 Å². The van der Waals surface area contributed by atoms with Gasteiger partial charge in [-0.2, -0.15) is 0 Å². The molecule has 1 aromatic rings. The van der Waals surface area contributed by atoms with E-state index in [1.54, 1.807) is 0 Å². The first-order valence-electron chi connectivity index (χ1n) is 6.87. The highest BCUT2D eigenvalue weighted by molar-refractivity contribution is 5.69. The van der Waals surface area contributed by atoms with Crippen LogP contribution in [0.1, 0.15) is 52.7 Å². The van der Waals surface area contributed by atoms with Crippen LogP contribution in [0.3, 0.4) is 0 Å². The van der Waals surface area contributed by atoms with Gasteiger partial charge in [0.2, 0.25) is 0 Å². The predicted octanol–water partition coefficient (Wildman–Crippen LogP) is 6.12. The van der Waals surface area contributed by atoms with Crippen molar-refractivity contribution in [1.29, 1.82) is 0 Å². The third-order valence-electron chi connectivity index (χ3n) is 3.38. The Morgan fingerprint density at radius 3 is 1.84 bits per heavy atom. The van der Waals surface area contributed by atoms with Gasteiger partial charge in [0, 0.05) is 0 Å². The van der Waals surface area contributed by atoms with Crippen molar-refractivity contribution in [3.05, 3.63) is 59.7 Å². The van der Waals surface area contributed by atoms with Crippen molar-refractivity contribution in [3.8, 4) is 0 Å². The van der Waals surface area contributed by atoms with Gasteiger partial charge in [-0.3, -0.25) is 0 Å². The molecule has 1 rings (SSSR count). The summed E-state index contributed by atoms with van der Waals surface area (Å²) in [7, 11) is 0. The van der Waals surface area contributed by atoms with Crippen LogP contribution < -0.4 is 0 Å². The summed E-state index contributed by atoms with van der Waals surface area (Å²) in [4.78, 5) is 0. The molecule has 0 unspecified atom stereocenters. The van der Waals surface area contributed by atoms with Crippen LogP contribution in [0.4, 0.5) is 0 Å². The first kappa shape index (κ1) is 15.5. The Kier molecular flexibility index (Phi) is 4.94. The number of allylic oxidation sites excluding steroid dienone is 5. The molecule has 0 saturated heterocycles. The molecule has 0 amide bonds. The first-order valence-corrected chi connectivity index (χ1v) is 6.87. The molecule has 0 N–H and O–H groups in total. The van der Waals surface area contributed by atoms with E-state index in [9.17, 15) is 0 Å². The third-order valence-corrected chi connectivity index (χ3v) is 3.38. The highest BCUT2D eigenvalue weighted by atomic mass is 14.2.